The Kier molecular flexibility index (Phi) is 6.99. The van der Waals surface area contributed by atoms with Crippen molar-refractivity contribution in [1.29, 1.82) is 0 Å². The topological polar surface area (TPSA) is 69.6 Å². The van der Waals surface area contributed by atoms with Crippen LogP contribution in [0.5, 0.6) is 0 Å². The predicted molar refractivity (Wildman–Crippen MR) is 59.8 cm³/mol. The van der Waals surface area contributed by atoms with Gasteiger partial charge in [-0.1, -0.05) is 13.0 Å². The van der Waals surface area contributed by atoms with E-state index >= 15 is 0 Å². The van der Waals surface area contributed by atoms with Crippen molar-refractivity contribution in [3.63, 3.8) is 0 Å². The Morgan fingerprint density at radius 1 is 1.47 bits per heavy atom. The Balaban J connectivity index is 3.89. The first-order chi connectivity index (χ1) is 6.97. The molecule has 0 spiro atoms. The summed E-state index contributed by atoms with van der Waals surface area (Å²) in [6, 6.07) is 0.188. The van der Waals surface area contributed by atoms with Gasteiger partial charge in [0.15, 0.2) is 0 Å². The highest BCUT2D eigenvalue weighted by atomic mass is 16.4. The van der Waals surface area contributed by atoms with Gasteiger partial charge < -0.3 is 15.5 Å². The molecule has 0 saturated carbocycles. The molecule has 0 aromatic rings. The summed E-state index contributed by atoms with van der Waals surface area (Å²) < 4.78 is 0. The van der Waals surface area contributed by atoms with E-state index in [9.17, 15) is 4.79 Å². The van der Waals surface area contributed by atoms with Crippen molar-refractivity contribution >= 4 is 5.97 Å². The van der Waals surface area contributed by atoms with Crippen LogP contribution in [-0.2, 0) is 4.79 Å². The van der Waals surface area contributed by atoms with Gasteiger partial charge in [-0.3, -0.25) is 0 Å². The second-order valence-electron chi connectivity index (χ2n) is 3.78. The molecule has 2 unspecified atom stereocenters. The van der Waals surface area contributed by atoms with Crippen molar-refractivity contribution in [2.45, 2.75) is 45.8 Å². The molecule has 0 fully saturated rings. The fraction of sp³-hybridized carbons (Fsp3) is 0.727. The molecular weight excluding hydrogens is 194 g/mol. The summed E-state index contributed by atoms with van der Waals surface area (Å²) in [5, 5.41) is 21.0. The van der Waals surface area contributed by atoms with Crippen molar-refractivity contribution in [3.8, 4) is 0 Å². The highest BCUT2D eigenvalue weighted by molar-refractivity contribution is 5.86. The molecule has 0 heterocycles. The number of hydrogen-bond acceptors (Lipinski definition) is 3. The van der Waals surface area contributed by atoms with Crippen molar-refractivity contribution in [2.24, 2.45) is 0 Å². The molecule has 0 aromatic carbocycles. The van der Waals surface area contributed by atoms with Crippen molar-refractivity contribution < 1.29 is 15.0 Å². The molecule has 4 nitrogen and oxygen atoms in total. The molecule has 0 aliphatic carbocycles. The summed E-state index contributed by atoms with van der Waals surface area (Å²) in [6.07, 6.45) is 2.55. The van der Waals surface area contributed by atoms with Crippen LogP contribution in [0.25, 0.3) is 0 Å². The lowest BCUT2D eigenvalue weighted by Crippen LogP contribution is -2.29. The summed E-state index contributed by atoms with van der Waals surface area (Å²) in [5.74, 6) is -0.859. The van der Waals surface area contributed by atoms with E-state index < -0.39 is 5.97 Å². The van der Waals surface area contributed by atoms with Crippen molar-refractivity contribution in [2.75, 3.05) is 6.54 Å². The number of carboxylic acid groups (broad SMARTS) is 1. The number of carboxylic acids is 1. The van der Waals surface area contributed by atoms with Crippen molar-refractivity contribution in [1.82, 2.24) is 5.32 Å². The van der Waals surface area contributed by atoms with Crippen LogP contribution in [-0.4, -0.2) is 34.9 Å². The third-order valence-electron chi connectivity index (χ3n) is 2.17. The van der Waals surface area contributed by atoms with E-state index in [1.165, 1.54) is 0 Å². The second-order valence-corrected chi connectivity index (χ2v) is 3.78. The van der Waals surface area contributed by atoms with Crippen LogP contribution in [0.3, 0.4) is 0 Å². The summed E-state index contributed by atoms with van der Waals surface area (Å²) in [4.78, 5) is 10.6. The quantitative estimate of drug-likeness (QED) is 0.557. The monoisotopic (exact) mass is 215 g/mol. The smallest absolute Gasteiger partial charge is 0.331 e. The summed E-state index contributed by atoms with van der Waals surface area (Å²) in [7, 11) is 0. The fourth-order valence-corrected chi connectivity index (χ4v) is 1.36. The number of nitrogens with one attached hydrogen (secondary N) is 1. The molecule has 0 aromatic heterocycles. The molecule has 0 rings (SSSR count). The Bertz CT molecular complexity index is 224. The highest BCUT2D eigenvalue weighted by Crippen LogP contribution is 2.00. The molecule has 0 radical (unpaired) electrons. The summed E-state index contributed by atoms with van der Waals surface area (Å²) in [6.45, 7) is 6.05. The first-order valence-electron chi connectivity index (χ1n) is 5.31. The number of rotatable bonds is 7. The lowest BCUT2D eigenvalue weighted by atomic mass is 10.1. The van der Waals surface area contributed by atoms with Crippen LogP contribution in [0, 0.1) is 0 Å². The van der Waals surface area contributed by atoms with E-state index in [0.717, 1.165) is 0 Å². The first kappa shape index (κ1) is 14.1. The molecule has 0 aliphatic heterocycles. The molecule has 3 N–H and O–H groups in total. The maximum Gasteiger partial charge on any atom is 0.331 e. The Morgan fingerprint density at radius 2 is 2.07 bits per heavy atom. The molecule has 0 amide bonds. The minimum Gasteiger partial charge on any atom is -0.478 e. The van der Waals surface area contributed by atoms with Gasteiger partial charge in [0, 0.05) is 18.2 Å². The molecular formula is C11H21NO3. The SMILES string of the molecule is CCC(=CCNC(C)CC(C)O)C(=O)O. The Labute approximate surface area is 91.0 Å². The highest BCUT2D eigenvalue weighted by Gasteiger charge is 2.06. The van der Waals surface area contributed by atoms with Gasteiger partial charge in [0.1, 0.15) is 0 Å². The molecule has 2 atom stereocenters. The van der Waals surface area contributed by atoms with Crippen LogP contribution in [0.1, 0.15) is 33.6 Å². The van der Waals surface area contributed by atoms with Gasteiger partial charge >= 0.3 is 5.97 Å². The summed E-state index contributed by atoms with van der Waals surface area (Å²) in [5.41, 5.74) is 0.423. The Hall–Kier alpha value is -0.870. The molecule has 0 aliphatic rings. The average molecular weight is 215 g/mol. The maximum atomic E-state index is 10.6. The normalized spacial score (nSPS) is 16.1. The van der Waals surface area contributed by atoms with E-state index in [1.54, 1.807) is 13.0 Å². The predicted octanol–water partition coefficient (Wildman–Crippen LogP) is 1.16. The largest absolute Gasteiger partial charge is 0.478 e. The van der Waals surface area contributed by atoms with Crippen molar-refractivity contribution in [3.05, 3.63) is 11.6 Å². The van der Waals surface area contributed by atoms with Crippen LogP contribution >= 0.6 is 0 Å². The number of hydrogen-bond donors (Lipinski definition) is 3. The van der Waals surface area contributed by atoms with E-state index in [1.807, 2.05) is 13.8 Å². The third-order valence-corrected chi connectivity index (χ3v) is 2.17. The molecule has 88 valence electrons. The molecule has 4 heteroatoms. The number of aliphatic carboxylic acids is 1. The van der Waals surface area contributed by atoms with Crippen LogP contribution in [0.4, 0.5) is 0 Å². The number of carbonyl (C=O) groups is 1. The zero-order chi connectivity index (χ0) is 11.8. The van der Waals surface area contributed by atoms with Crippen LogP contribution in [0.15, 0.2) is 11.6 Å². The van der Waals surface area contributed by atoms with Gasteiger partial charge in [0.25, 0.3) is 0 Å². The van der Waals surface area contributed by atoms with E-state index in [4.69, 9.17) is 10.2 Å². The maximum absolute atomic E-state index is 10.6. The standard InChI is InChI=1S/C11H21NO3/c1-4-10(11(14)15)5-6-12-8(2)7-9(3)13/h5,8-9,12-13H,4,6-7H2,1-3H3,(H,14,15). The lowest BCUT2D eigenvalue weighted by Gasteiger charge is -2.14. The van der Waals surface area contributed by atoms with Gasteiger partial charge in [-0.2, -0.15) is 0 Å². The second kappa shape index (κ2) is 7.43. The minimum atomic E-state index is -0.859. The van der Waals surface area contributed by atoms with Gasteiger partial charge in [-0.25, -0.2) is 4.79 Å². The lowest BCUT2D eigenvalue weighted by molar-refractivity contribution is -0.132. The zero-order valence-electron chi connectivity index (χ0n) is 9.66. The number of aliphatic hydroxyl groups excluding tert-OH is 1. The zero-order valence-corrected chi connectivity index (χ0v) is 9.66. The van der Waals surface area contributed by atoms with Gasteiger partial charge in [0.2, 0.25) is 0 Å². The summed E-state index contributed by atoms with van der Waals surface area (Å²) >= 11 is 0. The van der Waals surface area contributed by atoms with Gasteiger partial charge in [-0.15, -0.1) is 0 Å². The fourth-order valence-electron chi connectivity index (χ4n) is 1.36. The molecule has 0 bridgehead atoms. The van der Waals surface area contributed by atoms with Gasteiger partial charge in [0.05, 0.1) is 6.10 Å². The first-order valence-corrected chi connectivity index (χ1v) is 5.31. The van der Waals surface area contributed by atoms with Crippen LogP contribution in [0.2, 0.25) is 0 Å². The Morgan fingerprint density at radius 3 is 2.47 bits per heavy atom. The average Bonchev–Trinajstić information content (AvgIpc) is 2.10. The van der Waals surface area contributed by atoms with E-state index in [2.05, 4.69) is 5.32 Å². The van der Waals surface area contributed by atoms with E-state index in [0.29, 0.717) is 25.0 Å². The van der Waals surface area contributed by atoms with Gasteiger partial charge in [-0.05, 0) is 26.7 Å². The molecule has 0 saturated heterocycles. The van der Waals surface area contributed by atoms with Crippen LogP contribution < -0.4 is 5.32 Å². The third kappa shape index (κ3) is 7.11. The molecule has 15 heavy (non-hydrogen) atoms. The van der Waals surface area contributed by atoms with E-state index in [-0.39, 0.29) is 12.1 Å². The minimum absolute atomic E-state index is 0.188. The number of aliphatic hydroxyl groups is 1.